The second kappa shape index (κ2) is 8.14. The summed E-state index contributed by atoms with van der Waals surface area (Å²) in [7, 11) is 0. The largest absolute Gasteiger partial charge is 0.355 e. The van der Waals surface area contributed by atoms with Gasteiger partial charge in [0.15, 0.2) is 6.29 Å². The second-order valence-electron chi connectivity index (χ2n) is 6.26. The van der Waals surface area contributed by atoms with Gasteiger partial charge in [0.05, 0.1) is 11.3 Å². The number of aryl methyl sites for hydroxylation is 1. The number of hydrogen-bond donors (Lipinski definition) is 2. The number of carbonyl (C=O) groups is 1. The van der Waals surface area contributed by atoms with Gasteiger partial charge in [0.2, 0.25) is 0 Å². The molecule has 0 aliphatic carbocycles. The van der Waals surface area contributed by atoms with E-state index in [9.17, 15) is 4.79 Å². The SMILES string of the molecule is Cc1cccc(Nc2ccccc2C(=O)NO[C@H]2CCCCO2)c1C. The lowest BCUT2D eigenvalue weighted by Gasteiger charge is -2.22. The van der Waals surface area contributed by atoms with Crippen molar-refractivity contribution in [3.63, 3.8) is 0 Å². The first-order chi connectivity index (χ1) is 12.1. The van der Waals surface area contributed by atoms with Gasteiger partial charge in [0.25, 0.3) is 5.91 Å². The van der Waals surface area contributed by atoms with Gasteiger partial charge in [-0.25, -0.2) is 10.3 Å². The van der Waals surface area contributed by atoms with E-state index in [1.807, 2.05) is 30.3 Å². The Bertz CT molecular complexity index is 739. The molecule has 5 nitrogen and oxygen atoms in total. The number of benzene rings is 2. The minimum atomic E-state index is -0.364. The number of rotatable bonds is 5. The van der Waals surface area contributed by atoms with Crippen LogP contribution in [-0.4, -0.2) is 18.8 Å². The molecule has 2 aromatic carbocycles. The summed E-state index contributed by atoms with van der Waals surface area (Å²) < 4.78 is 5.47. The van der Waals surface area contributed by atoms with Crippen LogP contribution in [0.4, 0.5) is 11.4 Å². The predicted octanol–water partition coefficient (Wildman–Crippen LogP) is 4.24. The van der Waals surface area contributed by atoms with Gasteiger partial charge in [0, 0.05) is 18.7 Å². The molecule has 0 radical (unpaired) electrons. The van der Waals surface area contributed by atoms with Crippen LogP contribution in [-0.2, 0) is 9.57 Å². The fraction of sp³-hybridized carbons (Fsp3) is 0.350. The molecule has 25 heavy (non-hydrogen) atoms. The third kappa shape index (κ3) is 4.38. The van der Waals surface area contributed by atoms with Crippen molar-refractivity contribution in [2.24, 2.45) is 0 Å². The normalized spacial score (nSPS) is 17.1. The lowest BCUT2D eigenvalue weighted by atomic mass is 10.1. The summed E-state index contributed by atoms with van der Waals surface area (Å²) in [6, 6.07) is 13.5. The first-order valence-corrected chi connectivity index (χ1v) is 8.65. The van der Waals surface area contributed by atoms with E-state index in [2.05, 4.69) is 30.7 Å². The van der Waals surface area contributed by atoms with E-state index in [1.165, 1.54) is 5.56 Å². The van der Waals surface area contributed by atoms with Gasteiger partial charge < -0.3 is 10.1 Å². The molecular formula is C20H24N2O3. The van der Waals surface area contributed by atoms with Crippen LogP contribution in [0.25, 0.3) is 0 Å². The van der Waals surface area contributed by atoms with E-state index in [0.29, 0.717) is 12.2 Å². The van der Waals surface area contributed by atoms with E-state index in [4.69, 9.17) is 9.57 Å². The molecule has 1 aliphatic rings. The average molecular weight is 340 g/mol. The zero-order valence-electron chi connectivity index (χ0n) is 14.7. The van der Waals surface area contributed by atoms with Crippen LogP contribution in [0.1, 0.15) is 40.7 Å². The number of amides is 1. The molecule has 0 aromatic heterocycles. The molecule has 1 heterocycles. The minimum absolute atomic E-state index is 0.289. The Labute approximate surface area is 148 Å². The third-order valence-electron chi connectivity index (χ3n) is 4.47. The van der Waals surface area contributed by atoms with Gasteiger partial charge in [-0.3, -0.25) is 4.79 Å². The molecule has 132 valence electrons. The summed E-state index contributed by atoms with van der Waals surface area (Å²) in [5, 5.41) is 3.35. The maximum atomic E-state index is 12.5. The number of hydroxylamine groups is 1. The maximum absolute atomic E-state index is 12.5. The van der Waals surface area contributed by atoms with E-state index in [0.717, 1.165) is 36.2 Å². The Balaban J connectivity index is 1.71. The third-order valence-corrected chi connectivity index (χ3v) is 4.47. The van der Waals surface area contributed by atoms with Gasteiger partial charge in [0.1, 0.15) is 0 Å². The molecule has 0 unspecified atom stereocenters. The standard InChI is InChI=1S/C20H24N2O3/c1-14-8-7-11-17(15(14)2)21-18-10-4-3-9-16(18)20(23)22-25-19-12-5-6-13-24-19/h3-4,7-11,19,21H,5-6,12-13H2,1-2H3,(H,22,23)/t19-/m0/s1. The van der Waals surface area contributed by atoms with Crippen LogP contribution in [0, 0.1) is 13.8 Å². The summed E-state index contributed by atoms with van der Waals surface area (Å²) in [6.07, 6.45) is 2.52. The molecule has 0 saturated carbocycles. The summed E-state index contributed by atoms with van der Waals surface area (Å²) in [6.45, 7) is 4.80. The number of carbonyl (C=O) groups excluding carboxylic acids is 1. The highest BCUT2D eigenvalue weighted by Crippen LogP contribution is 2.25. The molecule has 1 saturated heterocycles. The first kappa shape index (κ1) is 17.5. The number of ether oxygens (including phenoxy) is 1. The molecule has 1 aliphatic heterocycles. The zero-order chi connectivity index (χ0) is 17.6. The fourth-order valence-electron chi connectivity index (χ4n) is 2.80. The fourth-order valence-corrected chi connectivity index (χ4v) is 2.80. The van der Waals surface area contributed by atoms with Crippen LogP contribution < -0.4 is 10.8 Å². The Morgan fingerprint density at radius 1 is 1.08 bits per heavy atom. The number of nitrogens with one attached hydrogen (secondary N) is 2. The molecule has 2 aromatic rings. The van der Waals surface area contributed by atoms with Gasteiger partial charge >= 0.3 is 0 Å². The number of hydrogen-bond acceptors (Lipinski definition) is 4. The van der Waals surface area contributed by atoms with Crippen molar-refractivity contribution in [2.45, 2.75) is 39.4 Å². The van der Waals surface area contributed by atoms with Crippen molar-refractivity contribution in [2.75, 3.05) is 11.9 Å². The first-order valence-electron chi connectivity index (χ1n) is 8.65. The van der Waals surface area contributed by atoms with Crippen molar-refractivity contribution in [1.29, 1.82) is 0 Å². The van der Waals surface area contributed by atoms with Gasteiger partial charge in [-0.1, -0.05) is 24.3 Å². The van der Waals surface area contributed by atoms with Crippen LogP contribution in [0.5, 0.6) is 0 Å². The Hall–Kier alpha value is -2.37. The average Bonchev–Trinajstić information content (AvgIpc) is 2.65. The Morgan fingerprint density at radius 3 is 2.68 bits per heavy atom. The van der Waals surface area contributed by atoms with Gasteiger partial charge in [-0.2, -0.15) is 0 Å². The highest BCUT2D eigenvalue weighted by Gasteiger charge is 2.18. The Kier molecular flexibility index (Phi) is 5.68. The van der Waals surface area contributed by atoms with E-state index >= 15 is 0 Å². The van der Waals surface area contributed by atoms with Crippen molar-refractivity contribution in [3.8, 4) is 0 Å². The van der Waals surface area contributed by atoms with E-state index in [1.54, 1.807) is 6.07 Å². The molecule has 0 spiro atoms. The van der Waals surface area contributed by atoms with Gasteiger partial charge in [-0.05, 0) is 56.0 Å². The van der Waals surface area contributed by atoms with Crippen LogP contribution in [0.15, 0.2) is 42.5 Å². The smallest absolute Gasteiger partial charge is 0.277 e. The van der Waals surface area contributed by atoms with E-state index < -0.39 is 0 Å². The molecule has 0 bridgehead atoms. The molecule has 2 N–H and O–H groups in total. The monoisotopic (exact) mass is 340 g/mol. The highest BCUT2D eigenvalue weighted by atomic mass is 16.8. The summed E-state index contributed by atoms with van der Waals surface area (Å²) >= 11 is 0. The minimum Gasteiger partial charge on any atom is -0.355 e. The zero-order valence-corrected chi connectivity index (χ0v) is 14.7. The quantitative estimate of drug-likeness (QED) is 0.800. The Morgan fingerprint density at radius 2 is 1.88 bits per heavy atom. The van der Waals surface area contributed by atoms with E-state index in [-0.39, 0.29) is 12.2 Å². The maximum Gasteiger partial charge on any atom is 0.277 e. The molecule has 3 rings (SSSR count). The van der Waals surface area contributed by atoms with Crippen molar-refractivity contribution >= 4 is 17.3 Å². The molecule has 1 amide bonds. The number of anilines is 2. The van der Waals surface area contributed by atoms with Gasteiger partial charge in [-0.15, -0.1) is 0 Å². The highest BCUT2D eigenvalue weighted by molar-refractivity contribution is 5.99. The molecule has 1 fully saturated rings. The van der Waals surface area contributed by atoms with Crippen LogP contribution in [0.2, 0.25) is 0 Å². The predicted molar refractivity (Wildman–Crippen MR) is 97.8 cm³/mol. The lowest BCUT2D eigenvalue weighted by Crippen LogP contribution is -2.33. The summed E-state index contributed by atoms with van der Waals surface area (Å²) in [5.41, 5.74) is 7.12. The van der Waals surface area contributed by atoms with Crippen molar-refractivity contribution < 1.29 is 14.4 Å². The summed E-state index contributed by atoms with van der Waals surface area (Å²) in [4.78, 5) is 17.9. The topological polar surface area (TPSA) is 59.6 Å². The van der Waals surface area contributed by atoms with Crippen molar-refractivity contribution in [3.05, 3.63) is 59.2 Å². The van der Waals surface area contributed by atoms with Crippen LogP contribution in [0.3, 0.4) is 0 Å². The molecule has 5 heteroatoms. The summed E-state index contributed by atoms with van der Waals surface area (Å²) in [5.74, 6) is -0.289. The lowest BCUT2D eigenvalue weighted by molar-refractivity contribution is -0.186. The molecular weight excluding hydrogens is 316 g/mol. The number of para-hydroxylation sites is 1. The second-order valence-corrected chi connectivity index (χ2v) is 6.26. The molecule has 1 atom stereocenters. The van der Waals surface area contributed by atoms with Crippen molar-refractivity contribution in [1.82, 2.24) is 5.48 Å². The van der Waals surface area contributed by atoms with Crippen LogP contribution >= 0.6 is 0 Å².